The molecule has 0 saturated heterocycles. The van der Waals surface area contributed by atoms with E-state index in [2.05, 4.69) is 13.8 Å². The molecule has 0 spiro atoms. The highest BCUT2D eigenvalue weighted by atomic mass is 16.4. The van der Waals surface area contributed by atoms with Gasteiger partial charge in [-0.05, 0) is 52.6 Å². The second kappa shape index (κ2) is 31.0. The lowest BCUT2D eigenvalue weighted by Crippen LogP contribution is -2.39. The molecule has 2 atom stereocenters. The van der Waals surface area contributed by atoms with Crippen LogP contribution in [0.5, 0.6) is 0 Å². The SMILES string of the molecule is CCCCCCCCCCCCC(CCCN(CCCC(CCCCCCCCCCCC)C(=O)O)C(=O)CN(C)C)C(=O)O. The summed E-state index contributed by atoms with van der Waals surface area (Å²) in [5, 5.41) is 19.6. The van der Waals surface area contributed by atoms with Crippen molar-refractivity contribution >= 4 is 17.8 Å². The van der Waals surface area contributed by atoms with Crippen LogP contribution in [0, 0.1) is 11.8 Å². The van der Waals surface area contributed by atoms with E-state index in [1.165, 1.54) is 103 Å². The first kappa shape index (κ1) is 43.4. The largest absolute Gasteiger partial charge is 0.481 e. The van der Waals surface area contributed by atoms with Crippen molar-refractivity contribution in [3.63, 3.8) is 0 Å². The number of unbranched alkanes of at least 4 members (excludes halogenated alkanes) is 18. The van der Waals surface area contributed by atoms with Crippen molar-refractivity contribution < 1.29 is 24.6 Å². The lowest BCUT2D eigenvalue weighted by molar-refractivity contribution is -0.143. The second-order valence-electron chi connectivity index (χ2n) is 13.9. The van der Waals surface area contributed by atoms with Crippen LogP contribution in [0.4, 0.5) is 0 Å². The van der Waals surface area contributed by atoms with E-state index in [4.69, 9.17) is 0 Å². The number of hydrogen-bond donors (Lipinski definition) is 2. The zero-order valence-corrected chi connectivity index (χ0v) is 30.2. The molecule has 2 N–H and O–H groups in total. The Morgan fingerprint density at radius 2 is 0.756 bits per heavy atom. The highest BCUT2D eigenvalue weighted by molar-refractivity contribution is 5.78. The maximum atomic E-state index is 13.0. The van der Waals surface area contributed by atoms with Gasteiger partial charge in [0.15, 0.2) is 0 Å². The molecule has 266 valence electrons. The number of nitrogens with zero attached hydrogens (tertiary/aromatic N) is 2. The van der Waals surface area contributed by atoms with Gasteiger partial charge in [-0.1, -0.05) is 142 Å². The molecule has 1 amide bonds. The first-order valence-electron chi connectivity index (χ1n) is 19.1. The van der Waals surface area contributed by atoms with Gasteiger partial charge in [0.1, 0.15) is 0 Å². The Morgan fingerprint density at radius 1 is 0.467 bits per heavy atom. The van der Waals surface area contributed by atoms with Crippen molar-refractivity contribution in [1.82, 2.24) is 9.80 Å². The molecule has 0 aliphatic heterocycles. The molecule has 2 unspecified atom stereocenters. The van der Waals surface area contributed by atoms with Gasteiger partial charge in [0.05, 0.1) is 18.4 Å². The van der Waals surface area contributed by atoms with Crippen LogP contribution in [0.15, 0.2) is 0 Å². The maximum Gasteiger partial charge on any atom is 0.306 e. The van der Waals surface area contributed by atoms with Gasteiger partial charge in [-0.2, -0.15) is 0 Å². The van der Waals surface area contributed by atoms with Crippen LogP contribution < -0.4 is 0 Å². The summed E-state index contributed by atoms with van der Waals surface area (Å²) in [7, 11) is 3.74. The molecule has 0 rings (SSSR count). The smallest absolute Gasteiger partial charge is 0.306 e. The van der Waals surface area contributed by atoms with Crippen LogP contribution in [0.3, 0.4) is 0 Å². The monoisotopic (exact) mass is 639 g/mol. The summed E-state index contributed by atoms with van der Waals surface area (Å²) in [6.45, 7) is 5.85. The summed E-state index contributed by atoms with van der Waals surface area (Å²) >= 11 is 0. The van der Waals surface area contributed by atoms with Crippen LogP contribution in [0.2, 0.25) is 0 Å². The van der Waals surface area contributed by atoms with Crippen molar-refractivity contribution in [1.29, 1.82) is 0 Å². The first-order valence-corrected chi connectivity index (χ1v) is 19.1. The van der Waals surface area contributed by atoms with Crippen LogP contribution >= 0.6 is 0 Å². The quantitative estimate of drug-likeness (QED) is 0.0681. The van der Waals surface area contributed by atoms with E-state index in [0.717, 1.165) is 25.7 Å². The number of carbonyl (C=O) groups excluding carboxylic acids is 1. The third-order valence-corrected chi connectivity index (χ3v) is 9.28. The predicted octanol–water partition coefficient (Wildman–Crippen LogP) is 9.96. The Hall–Kier alpha value is -1.63. The molecular weight excluding hydrogens is 564 g/mol. The third-order valence-electron chi connectivity index (χ3n) is 9.28. The average Bonchev–Trinajstić information content (AvgIpc) is 2.99. The number of rotatable bonds is 34. The number of likely N-dealkylation sites (N-methyl/N-ethyl adjacent to an activating group) is 1. The van der Waals surface area contributed by atoms with Crippen molar-refractivity contribution in [3.05, 3.63) is 0 Å². The van der Waals surface area contributed by atoms with Gasteiger partial charge in [0, 0.05) is 13.1 Å². The molecule has 0 aromatic heterocycles. The van der Waals surface area contributed by atoms with Gasteiger partial charge < -0.3 is 20.0 Å². The Bertz CT molecular complexity index is 666. The lowest BCUT2D eigenvalue weighted by Gasteiger charge is -2.25. The van der Waals surface area contributed by atoms with E-state index in [1.54, 1.807) is 0 Å². The molecule has 0 saturated carbocycles. The van der Waals surface area contributed by atoms with Gasteiger partial charge in [-0.15, -0.1) is 0 Å². The molecule has 0 aromatic rings. The molecule has 0 radical (unpaired) electrons. The standard InChI is InChI=1S/C38H74N2O5/c1-5-7-9-11-13-15-17-19-21-23-27-34(37(42)43)29-25-31-40(36(41)33-39(3)4)32-26-30-35(38(44)45)28-24-22-20-18-16-14-12-10-8-6-2/h34-35H,5-33H2,1-4H3,(H,42,43)(H,44,45). The molecule has 0 aromatic carbocycles. The second-order valence-corrected chi connectivity index (χ2v) is 13.9. The van der Waals surface area contributed by atoms with Gasteiger partial charge in [-0.25, -0.2) is 0 Å². The van der Waals surface area contributed by atoms with Crippen molar-refractivity contribution in [2.24, 2.45) is 11.8 Å². The molecule has 7 nitrogen and oxygen atoms in total. The highest BCUT2D eigenvalue weighted by Gasteiger charge is 2.21. The Morgan fingerprint density at radius 3 is 1.04 bits per heavy atom. The minimum atomic E-state index is -0.728. The minimum Gasteiger partial charge on any atom is -0.481 e. The number of carbonyl (C=O) groups is 3. The van der Waals surface area contributed by atoms with Crippen LogP contribution in [-0.2, 0) is 14.4 Å². The third kappa shape index (κ3) is 27.2. The van der Waals surface area contributed by atoms with Gasteiger partial charge in [-0.3, -0.25) is 14.4 Å². The lowest BCUT2D eigenvalue weighted by atomic mass is 9.95. The molecule has 0 bridgehead atoms. The van der Waals surface area contributed by atoms with Gasteiger partial charge >= 0.3 is 11.9 Å². The van der Waals surface area contributed by atoms with Gasteiger partial charge in [0.2, 0.25) is 5.91 Å². The maximum absolute atomic E-state index is 13.0. The summed E-state index contributed by atoms with van der Waals surface area (Å²) in [5.41, 5.74) is 0. The summed E-state index contributed by atoms with van der Waals surface area (Å²) in [6.07, 6.45) is 28.6. The van der Waals surface area contributed by atoms with E-state index in [-0.39, 0.29) is 17.7 Å². The first-order chi connectivity index (χ1) is 21.7. The molecule has 0 fully saturated rings. The zero-order chi connectivity index (χ0) is 33.5. The fourth-order valence-electron chi connectivity index (χ4n) is 6.33. The Kier molecular flexibility index (Phi) is 29.9. The van der Waals surface area contributed by atoms with Crippen LogP contribution in [0.1, 0.15) is 181 Å². The Labute approximate surface area is 278 Å². The summed E-state index contributed by atoms with van der Waals surface area (Å²) in [6, 6.07) is 0. The van der Waals surface area contributed by atoms with E-state index in [0.29, 0.717) is 58.2 Å². The molecular formula is C38H74N2O5. The molecule has 0 aliphatic rings. The number of hydrogen-bond acceptors (Lipinski definition) is 4. The average molecular weight is 639 g/mol. The number of carboxylic acids is 2. The normalized spacial score (nSPS) is 12.8. The minimum absolute atomic E-state index is 0.0307. The van der Waals surface area contributed by atoms with E-state index in [9.17, 15) is 24.6 Å². The molecule has 0 aliphatic carbocycles. The van der Waals surface area contributed by atoms with Crippen molar-refractivity contribution in [2.75, 3.05) is 33.7 Å². The molecule has 45 heavy (non-hydrogen) atoms. The van der Waals surface area contributed by atoms with Crippen LogP contribution in [-0.4, -0.2) is 71.6 Å². The van der Waals surface area contributed by atoms with E-state index < -0.39 is 11.9 Å². The summed E-state index contributed by atoms with van der Waals surface area (Å²) < 4.78 is 0. The van der Waals surface area contributed by atoms with Gasteiger partial charge in [0.25, 0.3) is 0 Å². The van der Waals surface area contributed by atoms with E-state index in [1.807, 2.05) is 23.9 Å². The number of amides is 1. The highest BCUT2D eigenvalue weighted by Crippen LogP contribution is 2.20. The van der Waals surface area contributed by atoms with Crippen LogP contribution in [0.25, 0.3) is 0 Å². The zero-order valence-electron chi connectivity index (χ0n) is 30.2. The fraction of sp³-hybridized carbons (Fsp3) is 0.921. The topological polar surface area (TPSA) is 98.2 Å². The van der Waals surface area contributed by atoms with Crippen molar-refractivity contribution in [3.8, 4) is 0 Å². The fourth-order valence-corrected chi connectivity index (χ4v) is 6.33. The Balaban J connectivity index is 4.46. The number of aliphatic carboxylic acids is 2. The summed E-state index contributed by atoms with van der Waals surface area (Å²) in [5.74, 6) is -2.14. The van der Waals surface area contributed by atoms with E-state index >= 15 is 0 Å². The molecule has 7 heteroatoms. The van der Waals surface area contributed by atoms with Crippen molar-refractivity contribution in [2.45, 2.75) is 181 Å². The number of carboxylic acid groups (broad SMARTS) is 2. The predicted molar refractivity (Wildman–Crippen MR) is 189 cm³/mol. The molecule has 0 heterocycles. The summed E-state index contributed by atoms with van der Waals surface area (Å²) in [4.78, 5) is 40.5.